The first kappa shape index (κ1) is 36.7. The highest BCUT2D eigenvalue weighted by molar-refractivity contribution is 7.45. The summed E-state index contributed by atoms with van der Waals surface area (Å²) in [5.74, 6) is 0.801. The number of phosphoric acid groups is 1. The maximum absolute atomic E-state index is 12.8. The maximum atomic E-state index is 12.8. The van der Waals surface area contributed by atoms with Crippen molar-refractivity contribution in [1.82, 2.24) is 0 Å². The fourth-order valence-electron chi connectivity index (χ4n) is 6.67. The molecule has 4 rings (SSSR count). The molecule has 0 saturated carbocycles. The Labute approximate surface area is 263 Å². The molecular weight excluding hydrogens is 561 g/mol. The van der Waals surface area contributed by atoms with E-state index in [4.69, 9.17) is 18.5 Å². The number of fused-ring (bicyclic) bond motifs is 3. The van der Waals surface area contributed by atoms with E-state index in [1.54, 1.807) is 0 Å². The highest BCUT2D eigenvalue weighted by atomic mass is 31.2. The molecule has 3 heterocycles. The lowest BCUT2D eigenvalue weighted by atomic mass is 9.85. The third-order valence-electron chi connectivity index (χ3n) is 9.69. The molecule has 0 spiro atoms. The summed E-state index contributed by atoms with van der Waals surface area (Å²) in [4.78, 5) is 12.8. The normalized spacial score (nSPS) is 22.8. The van der Waals surface area contributed by atoms with Crippen LogP contribution in [0.1, 0.15) is 129 Å². The van der Waals surface area contributed by atoms with Crippen molar-refractivity contribution < 1.29 is 32.5 Å². The maximum Gasteiger partial charge on any atom is 0.272 e. The van der Waals surface area contributed by atoms with Crippen LogP contribution in [0.2, 0.25) is 0 Å². The first-order valence-corrected chi connectivity index (χ1v) is 19.1. The number of hydrogen-bond donors (Lipinski definition) is 0. The SMILES string of the molecule is CCCCCCCCCCCCCCCCOCC(COP(=O)([O-])OC(C)[N+]12CCC(CC1)CC2)OCc1ccccc1. The molecule has 3 aliphatic rings. The van der Waals surface area contributed by atoms with Crippen molar-refractivity contribution >= 4 is 7.82 Å². The van der Waals surface area contributed by atoms with Gasteiger partial charge < -0.3 is 18.9 Å². The average molecular weight is 624 g/mol. The molecule has 3 aliphatic heterocycles. The van der Waals surface area contributed by atoms with Crippen LogP contribution in [0.25, 0.3) is 0 Å². The third-order valence-corrected chi connectivity index (χ3v) is 10.7. The lowest BCUT2D eigenvalue weighted by Gasteiger charge is -2.52. The minimum Gasteiger partial charge on any atom is -0.756 e. The van der Waals surface area contributed by atoms with Crippen molar-refractivity contribution in [2.45, 2.75) is 142 Å². The summed E-state index contributed by atoms with van der Waals surface area (Å²) in [7, 11) is -4.48. The summed E-state index contributed by atoms with van der Waals surface area (Å²) in [6.07, 6.45) is 21.1. The molecule has 0 radical (unpaired) electrons. The number of rotatable bonds is 26. The topological polar surface area (TPSA) is 77.1 Å². The van der Waals surface area contributed by atoms with E-state index < -0.39 is 20.2 Å². The smallest absolute Gasteiger partial charge is 0.272 e. The van der Waals surface area contributed by atoms with E-state index in [2.05, 4.69) is 6.92 Å². The van der Waals surface area contributed by atoms with Crippen molar-refractivity contribution in [1.29, 1.82) is 0 Å². The summed E-state index contributed by atoms with van der Waals surface area (Å²) >= 11 is 0. The van der Waals surface area contributed by atoms with E-state index in [1.807, 2.05) is 37.3 Å². The number of nitrogens with zero attached hydrogens (tertiary/aromatic N) is 1. The highest BCUT2D eigenvalue weighted by Gasteiger charge is 2.45. The van der Waals surface area contributed by atoms with Gasteiger partial charge in [0.1, 0.15) is 6.10 Å². The largest absolute Gasteiger partial charge is 0.756 e. The zero-order valence-electron chi connectivity index (χ0n) is 27.4. The molecule has 3 atom stereocenters. The van der Waals surface area contributed by atoms with Crippen LogP contribution in [-0.4, -0.2) is 56.3 Å². The molecule has 0 aliphatic carbocycles. The first-order valence-electron chi connectivity index (χ1n) is 17.7. The van der Waals surface area contributed by atoms with Gasteiger partial charge in [0.05, 0.1) is 39.5 Å². The second kappa shape index (κ2) is 21.1. The van der Waals surface area contributed by atoms with Crippen LogP contribution in [-0.2, 0) is 29.7 Å². The molecule has 1 aromatic carbocycles. The van der Waals surface area contributed by atoms with Gasteiger partial charge in [-0.3, -0.25) is 13.6 Å². The molecule has 8 heteroatoms. The third kappa shape index (κ3) is 14.9. The van der Waals surface area contributed by atoms with E-state index in [0.717, 1.165) is 67.7 Å². The molecule has 0 N–H and O–H groups in total. The predicted octanol–water partition coefficient (Wildman–Crippen LogP) is 8.55. The van der Waals surface area contributed by atoms with Gasteiger partial charge in [-0.2, -0.15) is 0 Å². The van der Waals surface area contributed by atoms with Gasteiger partial charge in [0, 0.05) is 13.5 Å². The quantitative estimate of drug-likeness (QED) is 0.0585. The van der Waals surface area contributed by atoms with Crippen molar-refractivity contribution in [2.75, 3.05) is 39.5 Å². The molecule has 3 unspecified atom stereocenters. The fourth-order valence-corrected chi connectivity index (χ4v) is 7.65. The minimum absolute atomic E-state index is 0.110. The molecule has 0 aromatic heterocycles. The van der Waals surface area contributed by atoms with Gasteiger partial charge in [0.25, 0.3) is 7.82 Å². The second-order valence-electron chi connectivity index (χ2n) is 13.2. The molecule has 248 valence electrons. The van der Waals surface area contributed by atoms with E-state index in [0.29, 0.717) is 19.8 Å². The Morgan fingerprint density at radius 3 is 1.91 bits per heavy atom. The van der Waals surface area contributed by atoms with E-state index in [9.17, 15) is 9.46 Å². The van der Waals surface area contributed by atoms with Crippen LogP contribution in [0.5, 0.6) is 0 Å². The van der Waals surface area contributed by atoms with Gasteiger partial charge in [0.2, 0.25) is 0 Å². The predicted molar refractivity (Wildman–Crippen MR) is 172 cm³/mol. The zero-order chi connectivity index (χ0) is 30.6. The van der Waals surface area contributed by atoms with Crippen LogP contribution in [0.3, 0.4) is 0 Å². The van der Waals surface area contributed by atoms with Crippen LogP contribution >= 0.6 is 7.82 Å². The van der Waals surface area contributed by atoms with E-state index >= 15 is 0 Å². The zero-order valence-corrected chi connectivity index (χ0v) is 28.3. The summed E-state index contributed by atoms with van der Waals surface area (Å²) in [6.45, 7) is 8.32. The Kier molecular flexibility index (Phi) is 18.0. The van der Waals surface area contributed by atoms with E-state index in [1.165, 1.54) is 77.0 Å². The van der Waals surface area contributed by atoms with Crippen LogP contribution < -0.4 is 4.89 Å². The molecule has 0 amide bonds. The molecule has 3 saturated heterocycles. The van der Waals surface area contributed by atoms with Crippen molar-refractivity contribution in [2.24, 2.45) is 5.92 Å². The Morgan fingerprint density at radius 1 is 0.814 bits per heavy atom. The Bertz CT molecular complexity index is 865. The first-order chi connectivity index (χ1) is 20.9. The van der Waals surface area contributed by atoms with Crippen molar-refractivity contribution in [3.05, 3.63) is 35.9 Å². The standard InChI is InChI=1S/C35H62NO6P/c1-3-4-5-6-7-8-9-10-11-12-13-14-15-19-28-39-30-35(40-29-34-20-17-16-18-21-34)31-41-43(37,38)42-32(2)36-25-22-33(23-26-36)24-27-36/h16-18,20-21,32-33,35H,3-15,19,22-31H2,1-2H3. The molecule has 43 heavy (non-hydrogen) atoms. The lowest BCUT2D eigenvalue weighted by Crippen LogP contribution is -2.63. The van der Waals surface area contributed by atoms with Gasteiger partial charge in [-0.15, -0.1) is 0 Å². The number of benzene rings is 1. The van der Waals surface area contributed by atoms with Crippen molar-refractivity contribution in [3.63, 3.8) is 0 Å². The van der Waals surface area contributed by atoms with Gasteiger partial charge >= 0.3 is 0 Å². The van der Waals surface area contributed by atoms with Gasteiger partial charge in [-0.1, -0.05) is 121 Å². The molecule has 3 fully saturated rings. The molecular formula is C35H62NO6P. The minimum atomic E-state index is -4.48. The number of unbranched alkanes of at least 4 members (excludes halogenated alkanes) is 13. The fraction of sp³-hybridized carbons (Fsp3) is 0.829. The number of ether oxygens (including phenoxy) is 2. The lowest BCUT2D eigenvalue weighted by molar-refractivity contribution is -0.979. The van der Waals surface area contributed by atoms with Gasteiger partial charge in [-0.25, -0.2) is 0 Å². The van der Waals surface area contributed by atoms with Gasteiger partial charge in [0.15, 0.2) is 6.23 Å². The highest BCUT2D eigenvalue weighted by Crippen LogP contribution is 2.44. The van der Waals surface area contributed by atoms with Crippen LogP contribution in [0.4, 0.5) is 0 Å². The van der Waals surface area contributed by atoms with E-state index in [-0.39, 0.29) is 6.61 Å². The number of phosphoric ester groups is 1. The Hall–Kier alpha value is -0.790. The van der Waals surface area contributed by atoms with Crippen LogP contribution in [0, 0.1) is 5.92 Å². The van der Waals surface area contributed by atoms with Crippen molar-refractivity contribution in [3.8, 4) is 0 Å². The number of hydrogen-bond acceptors (Lipinski definition) is 6. The Balaban J connectivity index is 1.28. The second-order valence-corrected chi connectivity index (χ2v) is 14.5. The van der Waals surface area contributed by atoms with Crippen LogP contribution in [0.15, 0.2) is 30.3 Å². The monoisotopic (exact) mass is 623 g/mol. The van der Waals surface area contributed by atoms with Gasteiger partial charge in [-0.05, 0) is 37.2 Å². The number of piperidine rings is 3. The number of quaternary nitrogens is 1. The Morgan fingerprint density at radius 2 is 1.35 bits per heavy atom. The molecule has 2 bridgehead atoms. The average Bonchev–Trinajstić information content (AvgIpc) is 3.03. The summed E-state index contributed by atoms with van der Waals surface area (Å²) in [6, 6.07) is 9.88. The summed E-state index contributed by atoms with van der Waals surface area (Å²) < 4.78 is 36.5. The summed E-state index contributed by atoms with van der Waals surface area (Å²) in [5.41, 5.74) is 1.03. The molecule has 1 aromatic rings. The molecule has 7 nitrogen and oxygen atoms in total. The summed E-state index contributed by atoms with van der Waals surface area (Å²) in [5, 5.41) is 0.